The fourth-order valence-corrected chi connectivity index (χ4v) is 2.14. The zero-order valence-electron chi connectivity index (χ0n) is 8.30. The Morgan fingerprint density at radius 2 is 2.08 bits per heavy atom. The smallest absolute Gasteiger partial charge is 0.119 e. The van der Waals surface area contributed by atoms with E-state index in [-0.39, 0.29) is 0 Å². The summed E-state index contributed by atoms with van der Waals surface area (Å²) in [6, 6.07) is 5.86. The molecule has 1 N–H and O–H groups in total. The number of phenolic OH excluding ortho intramolecular Hbond substituents is 1. The summed E-state index contributed by atoms with van der Waals surface area (Å²) in [6.07, 6.45) is 3.29. The van der Waals surface area contributed by atoms with Crippen molar-refractivity contribution < 1.29 is 5.11 Å². The molecule has 0 heterocycles. The highest BCUT2D eigenvalue weighted by Gasteiger charge is 2.26. The van der Waals surface area contributed by atoms with Crippen LogP contribution in [-0.4, -0.2) is 5.11 Å². The van der Waals surface area contributed by atoms with Crippen LogP contribution < -0.4 is 0 Å². The quantitative estimate of drug-likeness (QED) is 0.644. The number of rotatable bonds is 0. The maximum Gasteiger partial charge on any atom is 0.119 e. The maximum absolute atomic E-state index is 9.63. The highest BCUT2D eigenvalue weighted by atomic mass is 16.3. The molecule has 1 nitrogen and oxygen atoms in total. The van der Waals surface area contributed by atoms with Crippen LogP contribution >= 0.6 is 0 Å². The number of fused-ring (bicyclic) bond motifs is 1. The van der Waals surface area contributed by atoms with E-state index < -0.39 is 0 Å². The van der Waals surface area contributed by atoms with Gasteiger partial charge in [-0.15, -0.1) is 0 Å². The van der Waals surface area contributed by atoms with E-state index in [1.165, 1.54) is 17.5 Å². The van der Waals surface area contributed by atoms with Crippen molar-refractivity contribution in [3.05, 3.63) is 29.3 Å². The Labute approximate surface area is 79.4 Å². The topological polar surface area (TPSA) is 20.2 Å². The average molecular weight is 176 g/mol. The molecule has 0 saturated carbocycles. The lowest BCUT2D eigenvalue weighted by Crippen LogP contribution is -2.21. The molecule has 2 rings (SSSR count). The van der Waals surface area contributed by atoms with Gasteiger partial charge in [-0.25, -0.2) is 0 Å². The molecule has 0 radical (unpaired) electrons. The van der Waals surface area contributed by atoms with Gasteiger partial charge in [0.1, 0.15) is 5.75 Å². The summed E-state index contributed by atoms with van der Waals surface area (Å²) in [7, 11) is 0. The Bertz CT molecular complexity index is 326. The predicted molar refractivity (Wildman–Crippen MR) is 53.9 cm³/mol. The van der Waals surface area contributed by atoms with Gasteiger partial charge in [0, 0.05) is 0 Å². The highest BCUT2D eigenvalue weighted by Crippen LogP contribution is 2.37. The third-order valence-corrected chi connectivity index (χ3v) is 2.97. The molecule has 13 heavy (non-hydrogen) atoms. The van der Waals surface area contributed by atoms with Crippen LogP contribution in [0.5, 0.6) is 5.75 Å². The van der Waals surface area contributed by atoms with Gasteiger partial charge >= 0.3 is 0 Å². The van der Waals surface area contributed by atoms with E-state index in [1.54, 1.807) is 6.07 Å². The highest BCUT2D eigenvalue weighted by molar-refractivity contribution is 5.41. The molecule has 0 saturated heterocycles. The molecule has 1 aromatic rings. The largest absolute Gasteiger partial charge is 0.508 e. The third-order valence-electron chi connectivity index (χ3n) is 2.97. The summed E-state index contributed by atoms with van der Waals surface area (Å²) < 4.78 is 0. The second-order valence-corrected chi connectivity index (χ2v) is 4.76. The lowest BCUT2D eigenvalue weighted by molar-refractivity contribution is 0.310. The Balaban J connectivity index is 2.42. The number of hydrogen-bond acceptors (Lipinski definition) is 1. The van der Waals surface area contributed by atoms with Gasteiger partial charge in [0.05, 0.1) is 0 Å². The van der Waals surface area contributed by atoms with E-state index in [0.29, 0.717) is 11.2 Å². The minimum absolute atomic E-state index is 0.404. The minimum Gasteiger partial charge on any atom is -0.508 e. The first-order chi connectivity index (χ1) is 6.08. The number of aromatic hydroxyl groups is 1. The lowest BCUT2D eigenvalue weighted by atomic mass is 9.74. The van der Waals surface area contributed by atoms with Gasteiger partial charge < -0.3 is 5.11 Å². The van der Waals surface area contributed by atoms with Crippen molar-refractivity contribution in [2.75, 3.05) is 0 Å². The summed E-state index contributed by atoms with van der Waals surface area (Å²) in [4.78, 5) is 0. The van der Waals surface area contributed by atoms with E-state index in [4.69, 9.17) is 0 Å². The van der Waals surface area contributed by atoms with Crippen molar-refractivity contribution in [1.82, 2.24) is 0 Å². The summed E-state index contributed by atoms with van der Waals surface area (Å²) in [5.74, 6) is 0.480. The molecule has 0 fully saturated rings. The SMILES string of the molecule is CC1(C)CCc2c(O)cccc2C1. The molecule has 0 aliphatic heterocycles. The molecule has 0 bridgehead atoms. The van der Waals surface area contributed by atoms with Crippen LogP contribution in [0.4, 0.5) is 0 Å². The van der Waals surface area contributed by atoms with Gasteiger partial charge in [-0.1, -0.05) is 26.0 Å². The van der Waals surface area contributed by atoms with Crippen molar-refractivity contribution in [1.29, 1.82) is 0 Å². The molecule has 0 aromatic heterocycles. The van der Waals surface area contributed by atoms with Gasteiger partial charge in [0.2, 0.25) is 0 Å². The summed E-state index contributed by atoms with van der Waals surface area (Å²) in [5, 5.41) is 9.63. The number of benzene rings is 1. The Hall–Kier alpha value is -0.980. The monoisotopic (exact) mass is 176 g/mol. The van der Waals surface area contributed by atoms with Gasteiger partial charge in [-0.3, -0.25) is 0 Å². The van der Waals surface area contributed by atoms with Gasteiger partial charge in [0.15, 0.2) is 0 Å². The van der Waals surface area contributed by atoms with Gasteiger partial charge in [-0.2, -0.15) is 0 Å². The molecule has 0 spiro atoms. The molecule has 1 aromatic carbocycles. The zero-order chi connectivity index (χ0) is 9.47. The first-order valence-corrected chi connectivity index (χ1v) is 4.88. The molecule has 0 amide bonds. The lowest BCUT2D eigenvalue weighted by Gasteiger charge is -2.31. The van der Waals surface area contributed by atoms with Crippen LogP contribution in [0.2, 0.25) is 0 Å². The average Bonchev–Trinajstić information content (AvgIpc) is 2.02. The molecule has 1 aliphatic rings. The van der Waals surface area contributed by atoms with Gasteiger partial charge in [-0.05, 0) is 41.9 Å². The van der Waals surface area contributed by atoms with Crippen LogP contribution in [0.3, 0.4) is 0 Å². The van der Waals surface area contributed by atoms with E-state index in [9.17, 15) is 5.11 Å². The molecule has 1 heteroatoms. The Kier molecular flexibility index (Phi) is 1.83. The second-order valence-electron chi connectivity index (χ2n) is 4.76. The van der Waals surface area contributed by atoms with Gasteiger partial charge in [0.25, 0.3) is 0 Å². The first-order valence-electron chi connectivity index (χ1n) is 4.88. The normalized spacial score (nSPS) is 19.5. The molecular formula is C12H16O. The zero-order valence-corrected chi connectivity index (χ0v) is 8.30. The van der Waals surface area contributed by atoms with Crippen molar-refractivity contribution in [3.63, 3.8) is 0 Å². The standard InChI is InChI=1S/C12H16O/c1-12(2)7-6-10-9(8-12)4-3-5-11(10)13/h3-5,13H,6-8H2,1-2H3. The predicted octanol–water partition coefficient (Wildman–Crippen LogP) is 2.91. The number of hydrogen-bond donors (Lipinski definition) is 1. The van der Waals surface area contributed by atoms with Crippen LogP contribution in [0, 0.1) is 5.41 Å². The minimum atomic E-state index is 0.404. The molecule has 0 unspecified atom stereocenters. The van der Waals surface area contributed by atoms with Crippen molar-refractivity contribution in [3.8, 4) is 5.75 Å². The molecule has 70 valence electrons. The van der Waals surface area contributed by atoms with Crippen LogP contribution in [0.1, 0.15) is 31.4 Å². The fraction of sp³-hybridized carbons (Fsp3) is 0.500. The van der Waals surface area contributed by atoms with E-state index >= 15 is 0 Å². The van der Waals surface area contributed by atoms with E-state index in [1.807, 2.05) is 6.07 Å². The van der Waals surface area contributed by atoms with Crippen molar-refractivity contribution >= 4 is 0 Å². The summed E-state index contributed by atoms with van der Waals surface area (Å²) in [5.41, 5.74) is 2.90. The maximum atomic E-state index is 9.63. The first kappa shape index (κ1) is 8.61. The Morgan fingerprint density at radius 3 is 2.85 bits per heavy atom. The Morgan fingerprint density at radius 1 is 1.31 bits per heavy atom. The van der Waals surface area contributed by atoms with Crippen molar-refractivity contribution in [2.24, 2.45) is 5.41 Å². The summed E-state index contributed by atoms with van der Waals surface area (Å²) >= 11 is 0. The molecule has 1 aliphatic carbocycles. The third kappa shape index (κ3) is 1.55. The summed E-state index contributed by atoms with van der Waals surface area (Å²) in [6.45, 7) is 4.58. The number of phenols is 1. The fourth-order valence-electron chi connectivity index (χ4n) is 2.14. The van der Waals surface area contributed by atoms with E-state index in [0.717, 1.165) is 12.8 Å². The van der Waals surface area contributed by atoms with Crippen LogP contribution in [0.15, 0.2) is 18.2 Å². The molecular weight excluding hydrogens is 160 g/mol. The van der Waals surface area contributed by atoms with Crippen LogP contribution in [-0.2, 0) is 12.8 Å². The van der Waals surface area contributed by atoms with Crippen molar-refractivity contribution in [2.45, 2.75) is 33.1 Å². The van der Waals surface area contributed by atoms with E-state index in [2.05, 4.69) is 19.9 Å². The van der Waals surface area contributed by atoms with Crippen LogP contribution in [0.25, 0.3) is 0 Å². The second kappa shape index (κ2) is 2.76. The molecule has 0 atom stereocenters.